The van der Waals surface area contributed by atoms with Gasteiger partial charge in [-0.2, -0.15) is 0 Å². The average Bonchev–Trinajstić information content (AvgIpc) is 3.33. The number of halogens is 1. The van der Waals surface area contributed by atoms with E-state index >= 15 is 4.39 Å². The highest BCUT2D eigenvalue weighted by atomic mass is 19.1. The number of hydrogen-bond donors (Lipinski definition) is 3. The Kier molecular flexibility index (Phi) is 7.81. The Balaban J connectivity index is 1.26. The highest BCUT2D eigenvalue weighted by Crippen LogP contribution is 2.30. The number of amides is 2. The molecule has 2 heterocycles. The van der Waals surface area contributed by atoms with Crippen LogP contribution in [0.4, 0.5) is 14.9 Å². The van der Waals surface area contributed by atoms with Gasteiger partial charge in [-0.25, -0.2) is 9.18 Å². The van der Waals surface area contributed by atoms with Gasteiger partial charge in [0.1, 0.15) is 11.9 Å². The molecular formula is C30H29FN4O4. The third-order valence-electron chi connectivity index (χ3n) is 6.80. The number of para-hydroxylation sites is 1. The number of carbonyl (C=O) groups excluding carboxylic acids is 2. The third-order valence-corrected chi connectivity index (χ3v) is 6.80. The summed E-state index contributed by atoms with van der Waals surface area (Å²) in [4.78, 5) is 29.1. The van der Waals surface area contributed by atoms with Gasteiger partial charge in [0, 0.05) is 30.6 Å². The lowest BCUT2D eigenvalue weighted by atomic mass is 10.00. The highest BCUT2D eigenvalue weighted by Gasteiger charge is 2.32. The van der Waals surface area contributed by atoms with Crippen molar-refractivity contribution in [1.82, 2.24) is 15.6 Å². The zero-order valence-corrected chi connectivity index (χ0v) is 21.4. The van der Waals surface area contributed by atoms with E-state index in [2.05, 4.69) is 15.6 Å². The van der Waals surface area contributed by atoms with Crippen LogP contribution in [0.1, 0.15) is 24.1 Å². The fraction of sp³-hybridized carbons (Fsp3) is 0.233. The molecule has 1 saturated heterocycles. The lowest BCUT2D eigenvalue weighted by Gasteiger charge is -2.18. The van der Waals surface area contributed by atoms with Gasteiger partial charge in [0.05, 0.1) is 36.9 Å². The van der Waals surface area contributed by atoms with Gasteiger partial charge in [0.2, 0.25) is 5.91 Å². The van der Waals surface area contributed by atoms with Crippen LogP contribution >= 0.6 is 0 Å². The lowest BCUT2D eigenvalue weighted by Crippen LogP contribution is -2.33. The van der Waals surface area contributed by atoms with Crippen LogP contribution in [0, 0.1) is 5.82 Å². The van der Waals surface area contributed by atoms with Crippen molar-refractivity contribution in [2.45, 2.75) is 25.6 Å². The topological polar surface area (TPSA) is 104 Å². The van der Waals surface area contributed by atoms with E-state index in [0.29, 0.717) is 23.4 Å². The number of anilines is 1. The number of nitrogens with zero attached hydrogens (tertiary/aromatic N) is 2. The smallest absolute Gasteiger partial charge is 0.414 e. The normalized spacial score (nSPS) is 15.8. The van der Waals surface area contributed by atoms with E-state index in [9.17, 15) is 14.7 Å². The number of aromatic nitrogens is 1. The molecule has 39 heavy (non-hydrogen) atoms. The molecule has 1 aliphatic rings. The van der Waals surface area contributed by atoms with Crippen molar-refractivity contribution in [1.29, 1.82) is 0 Å². The molecule has 5 rings (SSSR count). The molecule has 2 amide bonds. The van der Waals surface area contributed by atoms with Crippen LogP contribution in [0.15, 0.2) is 79.0 Å². The molecule has 3 N–H and O–H groups in total. The van der Waals surface area contributed by atoms with Gasteiger partial charge in [-0.05, 0) is 47.0 Å². The summed E-state index contributed by atoms with van der Waals surface area (Å²) in [5.74, 6) is -0.686. The Morgan fingerprint density at radius 1 is 1.15 bits per heavy atom. The zero-order valence-electron chi connectivity index (χ0n) is 21.4. The predicted molar refractivity (Wildman–Crippen MR) is 147 cm³/mol. The van der Waals surface area contributed by atoms with E-state index < -0.39 is 18.0 Å². The monoisotopic (exact) mass is 528 g/mol. The van der Waals surface area contributed by atoms with Crippen molar-refractivity contribution in [3.05, 3.63) is 95.9 Å². The van der Waals surface area contributed by atoms with E-state index in [1.807, 2.05) is 54.6 Å². The Morgan fingerprint density at radius 2 is 1.95 bits per heavy atom. The number of aliphatic hydroxyl groups excluding tert-OH is 1. The Labute approximate surface area is 225 Å². The fourth-order valence-corrected chi connectivity index (χ4v) is 4.73. The van der Waals surface area contributed by atoms with Crippen molar-refractivity contribution in [3.63, 3.8) is 0 Å². The molecule has 8 nitrogen and oxygen atoms in total. The highest BCUT2D eigenvalue weighted by molar-refractivity contribution is 5.90. The minimum atomic E-state index is -0.579. The number of benzene rings is 3. The molecule has 0 bridgehead atoms. The van der Waals surface area contributed by atoms with E-state index in [4.69, 9.17) is 4.74 Å². The van der Waals surface area contributed by atoms with Crippen LogP contribution in [-0.4, -0.2) is 47.9 Å². The second-order valence-corrected chi connectivity index (χ2v) is 9.44. The Morgan fingerprint density at radius 3 is 2.69 bits per heavy atom. The number of cyclic esters (lactones) is 1. The van der Waals surface area contributed by atoms with E-state index in [-0.39, 0.29) is 31.6 Å². The molecule has 0 radical (unpaired) electrons. The van der Waals surface area contributed by atoms with Gasteiger partial charge >= 0.3 is 6.09 Å². The van der Waals surface area contributed by atoms with Gasteiger partial charge in [-0.1, -0.05) is 42.5 Å². The number of pyridine rings is 1. The largest absolute Gasteiger partial charge is 0.442 e. The maximum atomic E-state index is 15.1. The molecule has 3 aromatic carbocycles. The van der Waals surface area contributed by atoms with E-state index in [1.165, 1.54) is 17.9 Å². The van der Waals surface area contributed by atoms with Gasteiger partial charge in [0.25, 0.3) is 0 Å². The standard InChI is InChI=1S/C30H29FN4O4/c1-19(37)33-16-24-17-35(30(38)39-24)23-10-11-25(27(31)14-23)20-6-8-21(9-7-20)29(18-36)34-15-22-12-13-32-28-5-3-2-4-26(22)28/h2-14,24,29,34,36H,15-18H2,1H3,(H,33,37)/t24-,29-/m0/s1. The molecule has 9 heteroatoms. The number of aliphatic hydroxyl groups is 1. The minimum Gasteiger partial charge on any atom is -0.442 e. The van der Waals surface area contributed by atoms with Crippen LogP contribution < -0.4 is 15.5 Å². The molecule has 200 valence electrons. The van der Waals surface area contributed by atoms with Crippen LogP contribution in [0.5, 0.6) is 0 Å². The summed E-state index contributed by atoms with van der Waals surface area (Å²) in [6.07, 6.45) is 0.699. The molecule has 1 fully saturated rings. The van der Waals surface area contributed by atoms with E-state index in [1.54, 1.807) is 18.3 Å². The SMILES string of the molecule is CC(=O)NC[C@H]1CN(c2ccc(-c3ccc([C@H](CO)NCc4ccnc5ccccc45)cc3)c(F)c2)C(=O)O1. The third kappa shape index (κ3) is 5.89. The zero-order chi connectivity index (χ0) is 27.4. The second kappa shape index (κ2) is 11.6. The van der Waals surface area contributed by atoms with Gasteiger partial charge in [-0.15, -0.1) is 0 Å². The Hall–Kier alpha value is -4.34. The van der Waals surface area contributed by atoms with Crippen molar-refractivity contribution < 1.29 is 23.8 Å². The summed E-state index contributed by atoms with van der Waals surface area (Å²) >= 11 is 0. The van der Waals surface area contributed by atoms with Crippen molar-refractivity contribution in [3.8, 4) is 11.1 Å². The van der Waals surface area contributed by atoms with Crippen molar-refractivity contribution in [2.75, 3.05) is 24.6 Å². The molecule has 1 aliphatic heterocycles. The summed E-state index contributed by atoms with van der Waals surface area (Å²) in [5, 5.41) is 17.1. The predicted octanol–water partition coefficient (Wildman–Crippen LogP) is 4.33. The van der Waals surface area contributed by atoms with Gasteiger partial charge in [-0.3, -0.25) is 14.7 Å². The average molecular weight is 529 g/mol. The van der Waals surface area contributed by atoms with Crippen LogP contribution in [0.25, 0.3) is 22.0 Å². The molecule has 2 atom stereocenters. The summed E-state index contributed by atoms with van der Waals surface area (Å²) in [6.45, 7) is 2.27. The fourth-order valence-electron chi connectivity index (χ4n) is 4.73. The molecule has 4 aromatic rings. The van der Waals surface area contributed by atoms with Crippen LogP contribution in [0.3, 0.4) is 0 Å². The number of nitrogens with one attached hydrogen (secondary N) is 2. The lowest BCUT2D eigenvalue weighted by molar-refractivity contribution is -0.119. The summed E-state index contributed by atoms with van der Waals surface area (Å²) in [5.41, 5.74) is 4.33. The maximum absolute atomic E-state index is 15.1. The van der Waals surface area contributed by atoms with E-state index in [0.717, 1.165) is 22.0 Å². The van der Waals surface area contributed by atoms with Crippen LogP contribution in [0.2, 0.25) is 0 Å². The first kappa shape index (κ1) is 26.3. The first-order chi connectivity index (χ1) is 18.9. The number of hydrogen-bond acceptors (Lipinski definition) is 6. The molecular weight excluding hydrogens is 499 g/mol. The number of fused-ring (bicyclic) bond motifs is 1. The molecule has 0 unspecified atom stereocenters. The first-order valence-electron chi connectivity index (χ1n) is 12.7. The maximum Gasteiger partial charge on any atom is 0.414 e. The van der Waals surface area contributed by atoms with Gasteiger partial charge in [0.15, 0.2) is 0 Å². The van der Waals surface area contributed by atoms with Crippen molar-refractivity contribution >= 4 is 28.6 Å². The molecule has 0 aliphatic carbocycles. The molecule has 1 aromatic heterocycles. The number of carbonyl (C=O) groups is 2. The summed E-state index contributed by atoms with van der Waals surface area (Å²) in [7, 11) is 0. The number of rotatable bonds is 9. The molecule has 0 saturated carbocycles. The second-order valence-electron chi connectivity index (χ2n) is 9.44. The first-order valence-corrected chi connectivity index (χ1v) is 12.7. The quantitative estimate of drug-likeness (QED) is 0.299. The van der Waals surface area contributed by atoms with Crippen LogP contribution in [-0.2, 0) is 16.1 Å². The minimum absolute atomic E-state index is 0.0969. The Bertz CT molecular complexity index is 1490. The van der Waals surface area contributed by atoms with Crippen molar-refractivity contribution in [2.24, 2.45) is 0 Å². The van der Waals surface area contributed by atoms with Gasteiger partial charge < -0.3 is 20.5 Å². The summed E-state index contributed by atoms with van der Waals surface area (Å²) < 4.78 is 20.4. The number of ether oxygens (including phenoxy) is 1. The molecule has 0 spiro atoms. The summed E-state index contributed by atoms with van der Waals surface area (Å²) in [6, 6.07) is 21.6.